The van der Waals surface area contributed by atoms with Gasteiger partial charge in [0.2, 0.25) is 0 Å². The fourth-order valence-corrected chi connectivity index (χ4v) is 0. The summed E-state index contributed by atoms with van der Waals surface area (Å²) in [6.07, 6.45) is 0. The Morgan fingerprint density at radius 3 is 0.625 bits per heavy atom. The molecular formula is C3KMgN3. The summed E-state index contributed by atoms with van der Waals surface area (Å²) >= 11 is 0. The van der Waals surface area contributed by atoms with Gasteiger partial charge in [-0.2, -0.15) is 0 Å². The molecule has 0 radical (unpaired) electrons. The van der Waals surface area contributed by atoms with Crippen molar-refractivity contribution in [3.63, 3.8) is 0 Å². The molecule has 0 aromatic heterocycles. The first-order valence-corrected chi connectivity index (χ1v) is 0.671. The van der Waals surface area contributed by atoms with Crippen molar-refractivity contribution in [2.75, 3.05) is 0 Å². The second kappa shape index (κ2) is 488. The van der Waals surface area contributed by atoms with Gasteiger partial charge in [-0.15, -0.1) is 0 Å². The van der Waals surface area contributed by atoms with E-state index < -0.39 is 0 Å². The molecule has 0 saturated carbocycles. The maximum absolute atomic E-state index is 6.25. The molecule has 0 rings (SSSR count). The maximum atomic E-state index is 6.25. The molecule has 0 N–H and O–H groups in total. The van der Waals surface area contributed by atoms with Crippen molar-refractivity contribution in [1.82, 2.24) is 0 Å². The zero-order valence-corrected chi connectivity index (χ0v) is 9.09. The van der Waals surface area contributed by atoms with Gasteiger partial charge in [0.15, 0.2) is 0 Å². The molecule has 0 bridgehead atoms. The van der Waals surface area contributed by atoms with Crippen molar-refractivity contribution >= 4 is 23.1 Å². The van der Waals surface area contributed by atoms with E-state index in [1.54, 1.807) is 0 Å². The van der Waals surface area contributed by atoms with Crippen LogP contribution in [0.3, 0.4) is 0 Å². The monoisotopic (exact) mass is 141 g/mol. The van der Waals surface area contributed by atoms with Crippen molar-refractivity contribution in [2.45, 2.75) is 0 Å². The van der Waals surface area contributed by atoms with Crippen molar-refractivity contribution in [1.29, 1.82) is 15.8 Å². The number of nitrogens with zero attached hydrogens (tertiary/aromatic N) is 3. The average molecular weight is 141 g/mol. The fraction of sp³-hybridized carbons (Fsp3) is 0. The minimum Gasteiger partial charge on any atom is -0.512 e. The van der Waals surface area contributed by atoms with E-state index in [0.717, 1.165) is 0 Å². The summed E-state index contributed by atoms with van der Waals surface area (Å²) in [7, 11) is 0. The molecule has 0 atom stereocenters. The molecule has 0 aliphatic carbocycles. The zero-order valence-electron chi connectivity index (χ0n) is 4.55. The predicted octanol–water partition coefficient (Wildman–Crippen LogP) is -3.09. The van der Waals surface area contributed by atoms with Crippen LogP contribution in [0.1, 0.15) is 0 Å². The molecule has 0 amide bonds. The van der Waals surface area contributed by atoms with Gasteiger partial charge in [-0.25, -0.2) is 0 Å². The third-order valence-electron chi connectivity index (χ3n) is 0. The van der Waals surface area contributed by atoms with Crippen LogP contribution in [-0.2, 0) is 0 Å². The van der Waals surface area contributed by atoms with E-state index in [2.05, 4.69) is 0 Å². The second-order valence-corrected chi connectivity index (χ2v) is 0. The van der Waals surface area contributed by atoms with Crippen LogP contribution in [-0.4, -0.2) is 23.1 Å². The summed E-state index contributed by atoms with van der Waals surface area (Å²) in [4.78, 5) is 0. The predicted molar refractivity (Wildman–Crippen MR) is 20.7 cm³/mol. The van der Waals surface area contributed by atoms with Crippen molar-refractivity contribution in [3.05, 3.63) is 19.7 Å². The molecule has 0 aliphatic rings. The van der Waals surface area contributed by atoms with E-state index in [0.29, 0.717) is 0 Å². The minimum absolute atomic E-state index is 0. The summed E-state index contributed by atoms with van der Waals surface area (Å²) in [6.45, 7) is 14.2. The van der Waals surface area contributed by atoms with Gasteiger partial charge in [0.05, 0.1) is 0 Å². The van der Waals surface area contributed by atoms with Crippen molar-refractivity contribution in [3.8, 4) is 0 Å². The molecule has 5 heteroatoms. The van der Waals surface area contributed by atoms with Gasteiger partial charge in [0, 0.05) is 0 Å². The number of hydrogen-bond acceptors (Lipinski definition) is 3. The molecule has 0 fully saturated rings. The van der Waals surface area contributed by atoms with Gasteiger partial charge in [0.1, 0.15) is 0 Å². The van der Waals surface area contributed by atoms with Crippen LogP contribution in [0.15, 0.2) is 0 Å². The molecular weight excluding hydrogens is 141 g/mol. The van der Waals surface area contributed by atoms with Gasteiger partial charge in [0.25, 0.3) is 0 Å². The smallest absolute Gasteiger partial charge is 0.512 e. The molecule has 0 aromatic carbocycles. The Labute approximate surface area is 108 Å². The molecule has 0 unspecified atom stereocenters. The van der Waals surface area contributed by atoms with Gasteiger partial charge < -0.3 is 35.5 Å². The molecule has 8 heavy (non-hydrogen) atoms. The first-order valence-electron chi connectivity index (χ1n) is 0.671. The Balaban J connectivity index is -0.00000000500. The Kier molecular flexibility index (Phi) is 2240. The Hall–Kier alpha value is 0.873. The van der Waals surface area contributed by atoms with Gasteiger partial charge >= 0.3 is 74.4 Å². The minimum atomic E-state index is 0. The van der Waals surface area contributed by atoms with Crippen LogP contribution >= 0.6 is 0 Å². The molecule has 0 heterocycles. The van der Waals surface area contributed by atoms with Crippen LogP contribution in [0.25, 0.3) is 0 Å². The Morgan fingerprint density at radius 2 is 0.625 bits per heavy atom. The topological polar surface area (TPSA) is 71.4 Å². The third kappa shape index (κ3) is 311. The fourth-order valence-electron chi connectivity index (χ4n) is 0. The standard InChI is InChI=1S/3CN.K.Mg/c3*1-2;;/q3*-1;+1;+2. The van der Waals surface area contributed by atoms with E-state index in [1.165, 1.54) is 0 Å². The second-order valence-electron chi connectivity index (χ2n) is 0. The largest absolute Gasteiger partial charge is 2.00 e. The van der Waals surface area contributed by atoms with Gasteiger partial charge in [-0.05, 0) is 0 Å². The van der Waals surface area contributed by atoms with Crippen molar-refractivity contribution in [2.24, 2.45) is 0 Å². The van der Waals surface area contributed by atoms with E-state index in [1.807, 2.05) is 0 Å². The first kappa shape index (κ1) is 36.7. The van der Waals surface area contributed by atoms with Crippen molar-refractivity contribution < 1.29 is 51.4 Å². The van der Waals surface area contributed by atoms with E-state index >= 15 is 0 Å². The van der Waals surface area contributed by atoms with Crippen LogP contribution in [0.2, 0.25) is 0 Å². The summed E-state index contributed by atoms with van der Waals surface area (Å²) in [5.74, 6) is 0. The van der Waals surface area contributed by atoms with Gasteiger partial charge in [-0.1, -0.05) is 0 Å². The first-order chi connectivity index (χ1) is 3.00. The quantitative estimate of drug-likeness (QED) is 0.265. The summed E-state index contributed by atoms with van der Waals surface area (Å²) in [5, 5.41) is 18.8. The maximum Gasteiger partial charge on any atom is 2.00 e. The third-order valence-corrected chi connectivity index (χ3v) is 0. The van der Waals surface area contributed by atoms with Crippen LogP contribution < -0.4 is 51.4 Å². The SMILES string of the molecule is [C-]#N.[C-]#N.[C-]#N.[K+].[Mg+2]. The molecule has 3 nitrogen and oxygen atoms in total. The van der Waals surface area contributed by atoms with Crippen LogP contribution in [0.5, 0.6) is 0 Å². The van der Waals surface area contributed by atoms with Crippen LogP contribution in [0, 0.1) is 35.5 Å². The average Bonchev–Trinajstić information content (AvgIpc) is 1.81. The molecule has 0 aromatic rings. The molecule has 0 saturated heterocycles. The summed E-state index contributed by atoms with van der Waals surface area (Å²) < 4.78 is 0. The molecule has 0 aliphatic heterocycles. The normalized spacial score (nSPS) is 0.750. The Bertz CT molecular complexity index is 43.0. The van der Waals surface area contributed by atoms with Crippen LogP contribution in [0.4, 0.5) is 0 Å². The number of hydrogen-bond donors (Lipinski definition) is 0. The summed E-state index contributed by atoms with van der Waals surface area (Å²) in [6, 6.07) is 0. The van der Waals surface area contributed by atoms with E-state index in [4.69, 9.17) is 35.5 Å². The van der Waals surface area contributed by atoms with E-state index in [9.17, 15) is 0 Å². The van der Waals surface area contributed by atoms with Gasteiger partial charge in [-0.3, -0.25) is 0 Å². The van der Waals surface area contributed by atoms with E-state index in [-0.39, 0.29) is 74.4 Å². The zero-order chi connectivity index (χ0) is 6.00. The number of rotatable bonds is 0. The Morgan fingerprint density at radius 1 is 0.625 bits per heavy atom. The summed E-state index contributed by atoms with van der Waals surface area (Å²) in [5.41, 5.74) is 0. The molecule has 0 spiro atoms. The molecule has 30 valence electrons.